The summed E-state index contributed by atoms with van der Waals surface area (Å²) in [6.45, 7) is 0. The number of hydrogen-bond acceptors (Lipinski definition) is 6. The quantitative estimate of drug-likeness (QED) is 0.381. The summed E-state index contributed by atoms with van der Waals surface area (Å²) < 4.78 is 26.2. The van der Waals surface area contributed by atoms with Crippen LogP contribution in [-0.2, 0) is 0 Å². The molecule has 0 aliphatic heterocycles. The van der Waals surface area contributed by atoms with Crippen molar-refractivity contribution in [2.45, 2.75) is 0 Å². The van der Waals surface area contributed by atoms with E-state index in [4.69, 9.17) is 0 Å². The summed E-state index contributed by atoms with van der Waals surface area (Å²) in [5.74, 6) is -1.96. The zero-order valence-electron chi connectivity index (χ0n) is 13.5. The lowest BCUT2D eigenvalue weighted by Gasteiger charge is -2.02. The maximum absolute atomic E-state index is 13.2. The van der Waals surface area contributed by atoms with Crippen LogP contribution in [0.5, 0.6) is 0 Å². The predicted molar refractivity (Wildman–Crippen MR) is 97.8 cm³/mol. The van der Waals surface area contributed by atoms with Gasteiger partial charge in [-0.15, -0.1) is 11.3 Å². The smallest absolute Gasteiger partial charge is 0.269 e. The van der Waals surface area contributed by atoms with Crippen molar-refractivity contribution in [1.82, 2.24) is 4.98 Å². The number of rotatable bonds is 5. The van der Waals surface area contributed by atoms with Crippen LogP contribution in [0.15, 0.2) is 54.0 Å². The van der Waals surface area contributed by atoms with E-state index in [-0.39, 0.29) is 16.9 Å². The number of hydrogen-bond donors (Lipinski definition) is 1. The van der Waals surface area contributed by atoms with Gasteiger partial charge in [-0.25, -0.2) is 13.8 Å². The van der Waals surface area contributed by atoms with Crippen molar-refractivity contribution in [2.24, 2.45) is 0 Å². The van der Waals surface area contributed by atoms with Crippen LogP contribution >= 0.6 is 11.3 Å². The number of nitrogens with one attached hydrogen (secondary N) is 1. The summed E-state index contributed by atoms with van der Waals surface area (Å²) in [6.07, 6.45) is 1.35. The summed E-state index contributed by atoms with van der Waals surface area (Å²) in [5.41, 5.74) is 1.71. The third-order valence-corrected chi connectivity index (χ3v) is 4.41. The van der Waals surface area contributed by atoms with Gasteiger partial charge in [0.25, 0.3) is 5.69 Å². The summed E-state index contributed by atoms with van der Waals surface area (Å²) >= 11 is 1.22. The molecule has 1 heterocycles. The number of nitro benzene ring substituents is 1. The molecule has 0 bridgehead atoms. The molecule has 0 aliphatic carbocycles. The molecule has 0 aliphatic rings. The molecule has 3 aromatic rings. The van der Waals surface area contributed by atoms with Crippen LogP contribution in [0.2, 0.25) is 0 Å². The molecule has 0 radical (unpaired) electrons. The van der Waals surface area contributed by atoms with Gasteiger partial charge in [0.15, 0.2) is 11.6 Å². The Morgan fingerprint density at radius 2 is 1.96 bits per heavy atom. The fourth-order valence-corrected chi connectivity index (χ4v) is 2.96. The third kappa shape index (κ3) is 4.13. The molecular formula is C18H10F2N4O2S. The van der Waals surface area contributed by atoms with Gasteiger partial charge < -0.3 is 5.32 Å². The molecule has 0 atom stereocenters. The monoisotopic (exact) mass is 384 g/mol. The number of nitro groups is 1. The first-order valence-corrected chi connectivity index (χ1v) is 8.38. The van der Waals surface area contributed by atoms with Crippen LogP contribution in [0.1, 0.15) is 5.01 Å². The Labute approximate surface area is 156 Å². The number of halogens is 2. The number of anilines is 1. The normalized spacial score (nSPS) is 11.1. The minimum atomic E-state index is -0.999. The lowest BCUT2D eigenvalue weighted by Crippen LogP contribution is -1.93. The highest BCUT2D eigenvalue weighted by atomic mass is 32.1. The summed E-state index contributed by atoms with van der Waals surface area (Å²) in [6, 6.07) is 11.2. The highest BCUT2D eigenvalue weighted by molar-refractivity contribution is 7.11. The average Bonchev–Trinajstić information content (AvgIpc) is 3.15. The molecule has 1 aromatic heterocycles. The Kier molecular flexibility index (Phi) is 5.19. The van der Waals surface area contributed by atoms with Gasteiger partial charge in [0, 0.05) is 41.0 Å². The van der Waals surface area contributed by atoms with Gasteiger partial charge in [0.05, 0.1) is 10.6 Å². The summed E-state index contributed by atoms with van der Waals surface area (Å²) in [5, 5.41) is 24.9. The number of nitriles is 1. The number of nitrogens with zero attached hydrogens (tertiary/aromatic N) is 3. The van der Waals surface area contributed by atoms with E-state index in [1.807, 2.05) is 6.07 Å². The fourth-order valence-electron chi connectivity index (χ4n) is 2.17. The van der Waals surface area contributed by atoms with E-state index in [1.54, 1.807) is 17.5 Å². The second-order valence-corrected chi connectivity index (χ2v) is 6.14. The van der Waals surface area contributed by atoms with Crippen molar-refractivity contribution >= 4 is 28.3 Å². The molecule has 134 valence electrons. The van der Waals surface area contributed by atoms with Gasteiger partial charge in [0.1, 0.15) is 16.6 Å². The topological polar surface area (TPSA) is 91.8 Å². The highest BCUT2D eigenvalue weighted by Gasteiger charge is 2.11. The Balaban J connectivity index is 1.81. The minimum Gasteiger partial charge on any atom is -0.360 e. The maximum atomic E-state index is 13.2. The van der Waals surface area contributed by atoms with Crippen molar-refractivity contribution in [1.29, 1.82) is 5.26 Å². The SMILES string of the molecule is N#C/C(=C\Nc1ccc(F)c(F)c1)c1nc(-c2ccc([N+](=O)[O-])cc2)cs1. The van der Waals surface area contributed by atoms with Crippen molar-refractivity contribution < 1.29 is 13.7 Å². The van der Waals surface area contributed by atoms with Crippen molar-refractivity contribution in [2.75, 3.05) is 5.32 Å². The molecular weight excluding hydrogens is 374 g/mol. The standard InChI is InChI=1S/C18H10F2N4O2S/c19-15-6-3-13(7-16(15)20)22-9-12(8-21)18-23-17(10-27-18)11-1-4-14(5-2-11)24(25)26/h1-7,9-10,22H/b12-9+. The van der Waals surface area contributed by atoms with E-state index >= 15 is 0 Å². The van der Waals surface area contributed by atoms with E-state index in [2.05, 4.69) is 10.3 Å². The lowest BCUT2D eigenvalue weighted by atomic mass is 10.1. The molecule has 6 nitrogen and oxygen atoms in total. The van der Waals surface area contributed by atoms with Crippen LogP contribution in [-0.4, -0.2) is 9.91 Å². The maximum Gasteiger partial charge on any atom is 0.269 e. The molecule has 0 saturated heterocycles. The van der Waals surface area contributed by atoms with Crippen molar-refractivity contribution in [3.05, 3.63) is 80.8 Å². The van der Waals surface area contributed by atoms with Gasteiger partial charge in [-0.05, 0) is 24.3 Å². The van der Waals surface area contributed by atoms with Gasteiger partial charge in [0.2, 0.25) is 0 Å². The Morgan fingerprint density at radius 3 is 2.59 bits per heavy atom. The van der Waals surface area contributed by atoms with Crippen LogP contribution < -0.4 is 5.32 Å². The molecule has 0 saturated carbocycles. The highest BCUT2D eigenvalue weighted by Crippen LogP contribution is 2.27. The summed E-state index contributed by atoms with van der Waals surface area (Å²) in [7, 11) is 0. The second kappa shape index (κ2) is 7.72. The molecule has 0 spiro atoms. The molecule has 0 fully saturated rings. The molecule has 3 rings (SSSR count). The molecule has 27 heavy (non-hydrogen) atoms. The molecule has 0 unspecified atom stereocenters. The summed E-state index contributed by atoms with van der Waals surface area (Å²) in [4.78, 5) is 14.6. The number of thiazole rings is 1. The first-order chi connectivity index (χ1) is 13.0. The Hall–Kier alpha value is -3.64. The lowest BCUT2D eigenvalue weighted by molar-refractivity contribution is -0.384. The van der Waals surface area contributed by atoms with Gasteiger partial charge >= 0.3 is 0 Å². The zero-order valence-corrected chi connectivity index (χ0v) is 14.3. The van der Waals surface area contributed by atoms with Gasteiger partial charge in [-0.3, -0.25) is 10.1 Å². The van der Waals surface area contributed by atoms with E-state index in [1.165, 1.54) is 35.7 Å². The van der Waals surface area contributed by atoms with Crippen LogP contribution in [0, 0.1) is 33.1 Å². The van der Waals surface area contributed by atoms with Gasteiger partial charge in [-0.2, -0.15) is 5.26 Å². The molecule has 0 amide bonds. The number of allylic oxidation sites excluding steroid dienone is 1. The minimum absolute atomic E-state index is 0.0254. The predicted octanol–water partition coefficient (Wildman–Crippen LogP) is 4.97. The van der Waals surface area contributed by atoms with Gasteiger partial charge in [-0.1, -0.05) is 0 Å². The van der Waals surface area contributed by atoms with E-state index in [0.717, 1.165) is 12.1 Å². The Morgan fingerprint density at radius 1 is 1.22 bits per heavy atom. The fraction of sp³-hybridized carbons (Fsp3) is 0. The first-order valence-electron chi connectivity index (χ1n) is 7.50. The van der Waals surface area contributed by atoms with Crippen molar-refractivity contribution in [3.8, 4) is 17.3 Å². The molecule has 2 aromatic carbocycles. The van der Waals surface area contributed by atoms with E-state index in [9.17, 15) is 24.2 Å². The van der Waals surface area contributed by atoms with Crippen LogP contribution in [0.3, 0.4) is 0 Å². The number of non-ortho nitro benzene ring substituents is 1. The first kappa shape index (κ1) is 18.2. The van der Waals surface area contributed by atoms with E-state index < -0.39 is 16.6 Å². The van der Waals surface area contributed by atoms with E-state index in [0.29, 0.717) is 16.3 Å². The molecule has 9 heteroatoms. The Bertz CT molecular complexity index is 1070. The molecule has 1 N–H and O–H groups in total. The van der Waals surface area contributed by atoms with Crippen LogP contribution in [0.25, 0.3) is 16.8 Å². The number of benzene rings is 2. The zero-order chi connectivity index (χ0) is 19.4. The van der Waals surface area contributed by atoms with Crippen LogP contribution in [0.4, 0.5) is 20.2 Å². The van der Waals surface area contributed by atoms with Crippen molar-refractivity contribution in [3.63, 3.8) is 0 Å². The second-order valence-electron chi connectivity index (χ2n) is 5.28. The number of aromatic nitrogens is 1. The third-order valence-electron chi connectivity index (χ3n) is 3.53. The largest absolute Gasteiger partial charge is 0.360 e. The average molecular weight is 384 g/mol.